The van der Waals surface area contributed by atoms with Crippen LogP contribution in [0.25, 0.3) is 39.3 Å². The van der Waals surface area contributed by atoms with Crippen LogP contribution in [0.3, 0.4) is 0 Å². The van der Waals surface area contributed by atoms with E-state index in [9.17, 15) is 5.11 Å². The molecule has 0 bridgehead atoms. The Morgan fingerprint density at radius 3 is 1.48 bits per heavy atom. The van der Waals surface area contributed by atoms with Crippen LogP contribution in [-0.4, -0.2) is 119 Å². The van der Waals surface area contributed by atoms with Crippen molar-refractivity contribution in [1.29, 1.82) is 0 Å². The summed E-state index contributed by atoms with van der Waals surface area (Å²) in [5.74, 6) is 1.74. The van der Waals surface area contributed by atoms with Crippen LogP contribution in [0, 0.1) is 27.7 Å². The molecule has 0 saturated carbocycles. The van der Waals surface area contributed by atoms with Gasteiger partial charge in [-0.05, 0) is 113 Å². The number of aliphatic hydroxyl groups is 3. The van der Waals surface area contributed by atoms with E-state index in [-0.39, 0.29) is 25.0 Å². The van der Waals surface area contributed by atoms with Crippen LogP contribution in [0.15, 0.2) is 104 Å². The minimum atomic E-state index is -0.00928. The fraction of sp³-hybridized carbons (Fsp3) is 0.204. The maximum Gasteiger partial charge on any atom is 0.231 e. The molecule has 0 saturated heterocycles. The van der Waals surface area contributed by atoms with Gasteiger partial charge in [-0.15, -0.1) is 0 Å². The van der Waals surface area contributed by atoms with Crippen molar-refractivity contribution >= 4 is 142 Å². The largest absolute Gasteiger partial charge is 0.396 e. The zero-order valence-corrected chi connectivity index (χ0v) is 46.8. The summed E-state index contributed by atoms with van der Waals surface area (Å²) < 4.78 is 5.26. The van der Waals surface area contributed by atoms with E-state index in [1.54, 1.807) is 62.9 Å². The minimum absolute atomic E-state index is 0.00692. The molecule has 8 aromatic heterocycles. The van der Waals surface area contributed by atoms with Gasteiger partial charge in [0.2, 0.25) is 17.8 Å². The number of aromatic nitrogens is 16. The molecular weight excluding hydrogens is 1160 g/mol. The number of nitrogens with zero attached hydrogens (tertiary/aromatic N) is 14. The molecule has 0 atom stereocenters. The lowest BCUT2D eigenvalue weighted by Crippen LogP contribution is -2.09. The van der Waals surface area contributed by atoms with Crippen molar-refractivity contribution in [2.24, 2.45) is 0 Å². The van der Waals surface area contributed by atoms with E-state index in [1.165, 1.54) is 6.33 Å². The molecular formula is C49H49BrCl5N19O3. The van der Waals surface area contributed by atoms with Crippen molar-refractivity contribution in [3.8, 4) is 5.82 Å². The number of fused-ring (bicyclic) bond motifs is 3. The number of nitrogens with one attached hydrogen (secondary N) is 5. The van der Waals surface area contributed by atoms with E-state index >= 15 is 0 Å². The number of aryl methyl sites for hydroxylation is 4. The maximum atomic E-state index is 9.32. The third kappa shape index (κ3) is 16.0. The average molecular weight is 1210 g/mol. The van der Waals surface area contributed by atoms with E-state index < -0.39 is 0 Å². The summed E-state index contributed by atoms with van der Waals surface area (Å²) in [4.78, 5) is 41.6. The molecule has 11 aromatic rings. The van der Waals surface area contributed by atoms with Crippen LogP contribution < -0.4 is 16.0 Å². The first-order valence-electron chi connectivity index (χ1n) is 23.1. The third-order valence-electron chi connectivity index (χ3n) is 10.2. The molecule has 8 N–H and O–H groups in total. The molecule has 0 amide bonds. The third-order valence-corrected chi connectivity index (χ3v) is 11.9. The monoisotopic (exact) mass is 1210 g/mol. The first-order valence-corrected chi connectivity index (χ1v) is 26.1. The van der Waals surface area contributed by atoms with Crippen molar-refractivity contribution in [2.75, 3.05) is 41.1 Å². The van der Waals surface area contributed by atoms with Crippen molar-refractivity contribution in [2.45, 2.75) is 40.8 Å². The van der Waals surface area contributed by atoms with Gasteiger partial charge in [-0.2, -0.15) is 40.1 Å². The number of anilines is 6. The van der Waals surface area contributed by atoms with Gasteiger partial charge in [0.05, 0.1) is 50.2 Å². The van der Waals surface area contributed by atoms with Crippen molar-refractivity contribution in [3.05, 3.63) is 152 Å². The molecule has 0 aliphatic heterocycles. The van der Waals surface area contributed by atoms with E-state index in [4.69, 9.17) is 68.2 Å². The number of aliphatic hydroxyl groups excluding tert-OH is 3. The topological polar surface area (TPSA) is 285 Å². The van der Waals surface area contributed by atoms with Crippen LogP contribution >= 0.6 is 73.9 Å². The molecule has 22 nitrogen and oxygen atoms in total. The van der Waals surface area contributed by atoms with E-state index in [1.807, 2.05) is 76.2 Å². The fourth-order valence-corrected chi connectivity index (χ4v) is 7.69. The highest BCUT2D eigenvalue weighted by molar-refractivity contribution is 9.09. The van der Waals surface area contributed by atoms with Gasteiger partial charge in [0, 0.05) is 61.9 Å². The minimum Gasteiger partial charge on any atom is -0.396 e. The number of H-pyrrole nitrogens is 2. The van der Waals surface area contributed by atoms with Crippen molar-refractivity contribution < 1.29 is 15.3 Å². The normalized spacial score (nSPS) is 10.7. The lowest BCUT2D eigenvalue weighted by atomic mass is 10.3. The summed E-state index contributed by atoms with van der Waals surface area (Å²) in [5.41, 5.74) is 9.91. The number of benzene rings is 3. The molecule has 8 heterocycles. The zero-order valence-electron chi connectivity index (χ0n) is 41.4. The molecule has 0 unspecified atom stereocenters. The molecule has 0 spiro atoms. The summed E-state index contributed by atoms with van der Waals surface area (Å²) in [6.45, 7) is 8.85. The highest BCUT2D eigenvalue weighted by Crippen LogP contribution is 2.26. The van der Waals surface area contributed by atoms with E-state index in [0.29, 0.717) is 95.8 Å². The van der Waals surface area contributed by atoms with Gasteiger partial charge in [0.15, 0.2) is 38.6 Å². The lowest BCUT2D eigenvalue weighted by Gasteiger charge is -2.10. The average Bonchev–Trinajstić information content (AvgIpc) is 4.29. The van der Waals surface area contributed by atoms with Gasteiger partial charge in [0.1, 0.15) is 11.0 Å². The number of hydrogen-bond acceptors (Lipinski definition) is 17. The van der Waals surface area contributed by atoms with Gasteiger partial charge < -0.3 is 45.4 Å². The Bertz CT molecular complexity index is 3630. The summed E-state index contributed by atoms with van der Waals surface area (Å²) in [6, 6.07) is 25.6. The van der Waals surface area contributed by atoms with Crippen molar-refractivity contribution in [3.63, 3.8) is 0 Å². The lowest BCUT2D eigenvalue weighted by molar-refractivity contribution is 0.277. The Hall–Kier alpha value is -7.06. The molecule has 3 aromatic carbocycles. The number of aromatic amines is 2. The Balaban J connectivity index is 0.000000155. The number of rotatable bonds is 12. The van der Waals surface area contributed by atoms with Crippen molar-refractivity contribution in [1.82, 2.24) is 79.0 Å². The highest BCUT2D eigenvalue weighted by atomic mass is 79.9. The maximum absolute atomic E-state index is 9.32. The highest BCUT2D eigenvalue weighted by Gasteiger charge is 2.18. The predicted molar refractivity (Wildman–Crippen MR) is 306 cm³/mol. The SMILES string of the molecule is Cc1cc(C)[nH]n1.Cc1cc(C)n(-c2nc(Nc3ccc(Cl)cc3)nc3c2ncn3CCO)n1.Clc1ccc(Nc2nc(Cl)c3[nH]cnc3n2)cc1.OCCBr.OCCn1cnc2c(Cl)nc(Nc3ccc(Cl)cc3)nc21. The summed E-state index contributed by atoms with van der Waals surface area (Å²) >= 11 is 32.7. The van der Waals surface area contributed by atoms with Gasteiger partial charge in [0.25, 0.3) is 0 Å². The van der Waals surface area contributed by atoms with Crippen LogP contribution in [0.4, 0.5) is 34.9 Å². The smallest absolute Gasteiger partial charge is 0.231 e. The summed E-state index contributed by atoms with van der Waals surface area (Å²) in [5, 5.41) is 50.0. The molecule has 0 aliphatic carbocycles. The van der Waals surface area contributed by atoms with Gasteiger partial charge in [-0.25, -0.2) is 19.6 Å². The first kappa shape index (κ1) is 57.6. The molecule has 0 radical (unpaired) electrons. The fourth-order valence-electron chi connectivity index (χ4n) is 6.88. The molecule has 0 fully saturated rings. The number of hydrogen-bond donors (Lipinski definition) is 8. The Morgan fingerprint density at radius 1 is 0.558 bits per heavy atom. The number of halogens is 6. The van der Waals surface area contributed by atoms with Crippen LogP contribution in [-0.2, 0) is 13.1 Å². The molecule has 11 rings (SSSR count). The van der Waals surface area contributed by atoms with Crippen LogP contribution in [0.2, 0.25) is 25.4 Å². The molecule has 0 aliphatic rings. The molecule has 28 heteroatoms. The van der Waals surface area contributed by atoms with Gasteiger partial charge in [-0.1, -0.05) is 73.9 Å². The van der Waals surface area contributed by atoms with E-state index in [2.05, 4.69) is 97.0 Å². The quantitative estimate of drug-likeness (QED) is 0.0417. The Kier molecular flexibility index (Phi) is 20.8. The van der Waals surface area contributed by atoms with Gasteiger partial charge >= 0.3 is 0 Å². The first-order chi connectivity index (χ1) is 37.1. The predicted octanol–water partition coefficient (Wildman–Crippen LogP) is 10.7. The van der Waals surface area contributed by atoms with E-state index in [0.717, 1.165) is 39.8 Å². The Morgan fingerprint density at radius 2 is 1.04 bits per heavy atom. The second-order valence-corrected chi connectivity index (χ2v) is 19.0. The van der Waals surface area contributed by atoms with Crippen LogP contribution in [0.1, 0.15) is 22.8 Å². The summed E-state index contributed by atoms with van der Waals surface area (Å²) in [6.07, 6.45) is 4.75. The molecule has 400 valence electrons. The standard InChI is InChI=1S/C18H18ClN7O.C13H11Cl2N5O.C11H7Cl2N5.C5H8N2.C2H5BrO/c1-11-9-12(2)26(24-11)17-15-16(25(7-8-27)10-20-15)22-18(23-17)21-14-5-3-13(19)4-6-14;14-8-1-3-9(4-2-8)17-13-18-11(15)10-12(19-13)20(5-6-21)7-16-10;12-6-1-3-7(4-2-6)16-11-17-9(13)8-10(18-11)15-5-14-8;1-4-3-5(2)7-6-4;3-1-2-4/h3-6,9-10,27H,7-8H2,1-2H3,(H,21,22,23);1-4,7,21H,5-6H2,(H,17,18,19);1-5H,(H2,14,15,16,17,18);3H,1-2H3,(H,6,7);4H,1-2H2. The number of imidazole rings is 3. The number of alkyl halides is 1. The van der Waals surface area contributed by atoms with Gasteiger partial charge in [-0.3, -0.25) is 5.10 Å². The molecule has 77 heavy (non-hydrogen) atoms. The van der Waals surface area contributed by atoms with Crippen LogP contribution in [0.5, 0.6) is 0 Å². The Labute approximate surface area is 473 Å². The summed E-state index contributed by atoms with van der Waals surface area (Å²) in [7, 11) is 0. The second kappa shape index (κ2) is 27.8. The second-order valence-electron chi connectivity index (χ2n) is 16.2. The zero-order chi connectivity index (χ0) is 55.0.